The summed E-state index contributed by atoms with van der Waals surface area (Å²) >= 11 is 3.38. The quantitative estimate of drug-likeness (QED) is 0.839. The highest BCUT2D eigenvalue weighted by molar-refractivity contribution is 9.09. The molecule has 0 spiro atoms. The lowest BCUT2D eigenvalue weighted by atomic mass is 10.2. The van der Waals surface area contributed by atoms with Crippen LogP contribution in [-0.4, -0.2) is 41.3 Å². The zero-order valence-electron chi connectivity index (χ0n) is 8.06. The number of H-pyrrole nitrogens is 1. The second kappa shape index (κ2) is 4.23. The van der Waals surface area contributed by atoms with Crippen LogP contribution in [0.3, 0.4) is 0 Å². The maximum absolute atomic E-state index is 12.0. The smallest absolute Gasteiger partial charge is 0.259 e. The third-order valence-corrected chi connectivity index (χ3v) is 5.27. The number of nitrogens with one attached hydrogen (secondary N) is 1. The Bertz CT molecular complexity index is 417. The number of halogens is 1. The number of hydrogen-bond acceptors (Lipinski definition) is 3. The van der Waals surface area contributed by atoms with Crippen molar-refractivity contribution in [2.24, 2.45) is 5.92 Å². The van der Waals surface area contributed by atoms with Crippen LogP contribution in [0.4, 0.5) is 0 Å². The molecule has 2 heterocycles. The lowest BCUT2D eigenvalue weighted by Gasteiger charge is -2.14. The molecule has 1 unspecified atom stereocenters. The molecular weight excluding hydrogens is 282 g/mol. The Morgan fingerprint density at radius 1 is 1.67 bits per heavy atom. The first-order valence-corrected chi connectivity index (χ1v) is 7.26. The third-order valence-electron chi connectivity index (χ3n) is 2.56. The predicted molar refractivity (Wildman–Crippen MR) is 59.2 cm³/mol. The Morgan fingerprint density at radius 2 is 2.47 bits per heavy atom. The van der Waals surface area contributed by atoms with Gasteiger partial charge in [-0.1, -0.05) is 15.9 Å². The summed E-state index contributed by atoms with van der Waals surface area (Å²) in [4.78, 5) is 0. The van der Waals surface area contributed by atoms with Gasteiger partial charge in [-0.15, -0.1) is 0 Å². The molecule has 1 atom stereocenters. The van der Waals surface area contributed by atoms with E-state index in [1.807, 2.05) is 0 Å². The minimum Gasteiger partial charge on any atom is -0.266 e. The molecule has 15 heavy (non-hydrogen) atoms. The summed E-state index contributed by atoms with van der Waals surface area (Å²) in [5, 5.41) is 7.18. The van der Waals surface area contributed by atoms with E-state index in [1.165, 1.54) is 16.6 Å². The van der Waals surface area contributed by atoms with Crippen molar-refractivity contribution in [2.45, 2.75) is 11.4 Å². The van der Waals surface area contributed by atoms with E-state index in [9.17, 15) is 8.42 Å². The molecular formula is C8H12BrN3O2S. The monoisotopic (exact) mass is 293 g/mol. The Balaban J connectivity index is 2.18. The van der Waals surface area contributed by atoms with Crippen molar-refractivity contribution in [1.82, 2.24) is 14.5 Å². The molecule has 0 radical (unpaired) electrons. The van der Waals surface area contributed by atoms with E-state index in [-0.39, 0.29) is 5.03 Å². The molecule has 1 N–H and O–H groups in total. The molecule has 1 aliphatic rings. The van der Waals surface area contributed by atoms with Crippen LogP contribution in [0, 0.1) is 5.92 Å². The minimum absolute atomic E-state index is 0.178. The van der Waals surface area contributed by atoms with Crippen molar-refractivity contribution in [1.29, 1.82) is 0 Å². The number of aromatic amines is 1. The maximum atomic E-state index is 12.0. The van der Waals surface area contributed by atoms with Crippen molar-refractivity contribution < 1.29 is 8.42 Å². The summed E-state index contributed by atoms with van der Waals surface area (Å²) in [6.45, 7) is 1.18. The predicted octanol–water partition coefficient (Wildman–Crippen LogP) is 0.815. The molecule has 2 rings (SSSR count). The normalized spacial score (nSPS) is 23.4. The van der Waals surface area contributed by atoms with Gasteiger partial charge in [0, 0.05) is 18.4 Å². The maximum Gasteiger partial charge on any atom is 0.259 e. The van der Waals surface area contributed by atoms with Gasteiger partial charge < -0.3 is 0 Å². The van der Waals surface area contributed by atoms with E-state index in [2.05, 4.69) is 26.1 Å². The second-order valence-electron chi connectivity index (χ2n) is 3.59. The van der Waals surface area contributed by atoms with E-state index in [1.54, 1.807) is 0 Å². The number of rotatable bonds is 3. The summed E-state index contributed by atoms with van der Waals surface area (Å²) in [6.07, 6.45) is 2.36. The molecule has 7 heteroatoms. The van der Waals surface area contributed by atoms with Gasteiger partial charge >= 0.3 is 0 Å². The number of alkyl halides is 1. The third kappa shape index (κ3) is 2.09. The standard InChI is InChI=1S/C8H12BrN3O2S/c9-5-7-2-4-12(6-7)15(13,14)8-1-3-10-11-8/h1,3,7H,2,4-6H2,(H,10,11). The number of hydrogen-bond donors (Lipinski definition) is 1. The molecule has 5 nitrogen and oxygen atoms in total. The van der Waals surface area contributed by atoms with Gasteiger partial charge in [0.15, 0.2) is 5.03 Å². The summed E-state index contributed by atoms with van der Waals surface area (Å²) in [5.41, 5.74) is 0. The fourth-order valence-corrected chi connectivity index (χ4v) is 3.63. The van der Waals surface area contributed by atoms with Gasteiger partial charge in [0.2, 0.25) is 0 Å². The summed E-state index contributed by atoms with van der Waals surface area (Å²) < 4.78 is 25.5. The van der Waals surface area contributed by atoms with Crippen molar-refractivity contribution >= 4 is 26.0 Å². The molecule has 0 aliphatic carbocycles. The van der Waals surface area contributed by atoms with Gasteiger partial charge in [-0.05, 0) is 18.4 Å². The van der Waals surface area contributed by atoms with Crippen molar-refractivity contribution in [3.05, 3.63) is 12.3 Å². The van der Waals surface area contributed by atoms with Gasteiger partial charge in [-0.3, -0.25) is 5.10 Å². The van der Waals surface area contributed by atoms with Crippen molar-refractivity contribution in [2.75, 3.05) is 18.4 Å². The topological polar surface area (TPSA) is 66.1 Å². The van der Waals surface area contributed by atoms with Crippen LogP contribution < -0.4 is 0 Å². The van der Waals surface area contributed by atoms with Crippen LogP contribution in [-0.2, 0) is 10.0 Å². The van der Waals surface area contributed by atoms with Crippen LogP contribution in [0.5, 0.6) is 0 Å². The molecule has 1 fully saturated rings. The first-order chi connectivity index (χ1) is 7.14. The molecule has 1 aromatic heterocycles. The van der Waals surface area contributed by atoms with E-state index in [4.69, 9.17) is 0 Å². The fraction of sp³-hybridized carbons (Fsp3) is 0.625. The Labute approximate surface area is 97.0 Å². The molecule has 1 aliphatic heterocycles. The average Bonchev–Trinajstić information content (AvgIpc) is 2.89. The van der Waals surface area contributed by atoms with Crippen molar-refractivity contribution in [3.8, 4) is 0 Å². The molecule has 0 aromatic carbocycles. The fourth-order valence-electron chi connectivity index (χ4n) is 1.67. The van der Waals surface area contributed by atoms with Gasteiger partial charge in [-0.25, -0.2) is 8.42 Å². The van der Waals surface area contributed by atoms with Gasteiger partial charge in [-0.2, -0.15) is 9.40 Å². The summed E-state index contributed by atoms with van der Waals surface area (Å²) in [7, 11) is -3.34. The highest BCUT2D eigenvalue weighted by atomic mass is 79.9. The van der Waals surface area contributed by atoms with Crippen LogP contribution in [0.1, 0.15) is 6.42 Å². The lowest BCUT2D eigenvalue weighted by molar-refractivity contribution is 0.463. The molecule has 84 valence electrons. The Morgan fingerprint density at radius 3 is 3.00 bits per heavy atom. The molecule has 1 saturated heterocycles. The SMILES string of the molecule is O=S(=O)(c1ccn[nH]1)N1CCC(CBr)C1. The van der Waals surface area contributed by atoms with Crippen LogP contribution in [0.25, 0.3) is 0 Å². The highest BCUT2D eigenvalue weighted by Crippen LogP contribution is 2.23. The summed E-state index contributed by atoms with van der Waals surface area (Å²) in [6, 6.07) is 1.48. The molecule has 1 aromatic rings. The largest absolute Gasteiger partial charge is 0.266 e. The van der Waals surface area contributed by atoms with Crippen LogP contribution >= 0.6 is 15.9 Å². The number of aromatic nitrogens is 2. The average molecular weight is 294 g/mol. The Hall–Kier alpha value is -0.400. The van der Waals surface area contributed by atoms with Gasteiger partial charge in [0.25, 0.3) is 10.0 Å². The first-order valence-electron chi connectivity index (χ1n) is 4.70. The Kier molecular flexibility index (Phi) is 3.13. The zero-order valence-corrected chi connectivity index (χ0v) is 10.5. The lowest BCUT2D eigenvalue weighted by Crippen LogP contribution is -2.29. The molecule has 0 bridgehead atoms. The molecule has 0 amide bonds. The first kappa shape index (κ1) is 11.1. The zero-order chi connectivity index (χ0) is 10.9. The second-order valence-corrected chi connectivity index (χ2v) is 6.15. The number of sulfonamides is 1. The highest BCUT2D eigenvalue weighted by Gasteiger charge is 2.32. The van der Waals surface area contributed by atoms with Crippen LogP contribution in [0.2, 0.25) is 0 Å². The summed E-state index contributed by atoms with van der Waals surface area (Å²) in [5.74, 6) is 0.419. The number of nitrogens with zero attached hydrogens (tertiary/aromatic N) is 2. The minimum atomic E-state index is -3.34. The van der Waals surface area contributed by atoms with E-state index in [0.717, 1.165) is 11.8 Å². The molecule has 0 saturated carbocycles. The van der Waals surface area contributed by atoms with Gasteiger partial charge in [0.05, 0.1) is 6.20 Å². The van der Waals surface area contributed by atoms with E-state index < -0.39 is 10.0 Å². The van der Waals surface area contributed by atoms with E-state index >= 15 is 0 Å². The van der Waals surface area contributed by atoms with Crippen molar-refractivity contribution in [3.63, 3.8) is 0 Å². The van der Waals surface area contributed by atoms with E-state index in [0.29, 0.717) is 19.0 Å². The van der Waals surface area contributed by atoms with Crippen LogP contribution in [0.15, 0.2) is 17.3 Å². The van der Waals surface area contributed by atoms with Gasteiger partial charge in [0.1, 0.15) is 0 Å².